The number of carbonyl (C=O) groups excluding carboxylic acids is 1. The summed E-state index contributed by atoms with van der Waals surface area (Å²) in [7, 11) is 0. The molecular formula is C27H35ClN3O2S+. The Labute approximate surface area is 211 Å². The zero-order valence-corrected chi connectivity index (χ0v) is 22.9. The third-order valence-corrected chi connectivity index (χ3v) is 8.12. The van der Waals surface area contributed by atoms with Crippen LogP contribution in [0.5, 0.6) is 0 Å². The summed E-state index contributed by atoms with van der Waals surface area (Å²) in [5.74, 6) is 0.921. The number of thiophene rings is 1. The summed E-state index contributed by atoms with van der Waals surface area (Å²) in [6.07, 6.45) is 2.23. The van der Waals surface area contributed by atoms with Gasteiger partial charge in [0.05, 0.1) is 12.0 Å². The second kappa shape index (κ2) is 8.81. The minimum Gasteiger partial charge on any atom is -0.460 e. The van der Waals surface area contributed by atoms with Crippen LogP contribution in [0.1, 0.15) is 80.2 Å². The van der Waals surface area contributed by atoms with Crippen LogP contribution in [0.2, 0.25) is 5.02 Å². The first-order chi connectivity index (χ1) is 15.8. The predicted octanol–water partition coefficient (Wildman–Crippen LogP) is 6.21. The van der Waals surface area contributed by atoms with Crippen molar-refractivity contribution in [2.24, 2.45) is 5.92 Å². The van der Waals surface area contributed by atoms with Crippen LogP contribution in [0, 0.1) is 26.7 Å². The lowest BCUT2D eigenvalue weighted by atomic mass is 9.73. The Morgan fingerprint density at radius 3 is 2.44 bits per heavy atom. The molecule has 3 aromatic rings. The molecule has 182 valence electrons. The largest absolute Gasteiger partial charge is 0.460 e. The Kier molecular flexibility index (Phi) is 6.47. The van der Waals surface area contributed by atoms with Gasteiger partial charge in [0.15, 0.2) is 5.00 Å². The van der Waals surface area contributed by atoms with Crippen LogP contribution in [0.15, 0.2) is 30.5 Å². The highest BCUT2D eigenvalue weighted by molar-refractivity contribution is 7.14. The SMILES string of the molecule is Cc1sc2c(c1C)C(c1ccc(Cl)cc1)(C(C)C)NC(CC(=O)OC(C)(C)C)c1[nH]cc(C)[n+]1-2. The fourth-order valence-electron chi connectivity index (χ4n) is 5.10. The van der Waals surface area contributed by atoms with Crippen molar-refractivity contribution < 1.29 is 14.1 Å². The number of hydrogen-bond acceptors (Lipinski definition) is 4. The van der Waals surface area contributed by atoms with Gasteiger partial charge in [-0.1, -0.05) is 48.9 Å². The van der Waals surface area contributed by atoms with Crippen LogP contribution in [0.4, 0.5) is 0 Å². The summed E-state index contributed by atoms with van der Waals surface area (Å²) >= 11 is 8.09. The van der Waals surface area contributed by atoms with Gasteiger partial charge in [0, 0.05) is 22.4 Å². The molecule has 1 aromatic carbocycles. The van der Waals surface area contributed by atoms with Gasteiger partial charge in [-0.3, -0.25) is 10.1 Å². The van der Waals surface area contributed by atoms with Crippen molar-refractivity contribution in [2.75, 3.05) is 0 Å². The number of H-pyrrole nitrogens is 1. The first-order valence-corrected chi connectivity index (χ1v) is 13.0. The number of benzene rings is 1. The molecule has 0 spiro atoms. The summed E-state index contributed by atoms with van der Waals surface area (Å²) in [5, 5.41) is 5.86. The number of esters is 1. The Balaban J connectivity index is 1.99. The molecule has 3 heterocycles. The van der Waals surface area contributed by atoms with E-state index >= 15 is 0 Å². The monoisotopic (exact) mass is 500 g/mol. The van der Waals surface area contributed by atoms with Crippen molar-refractivity contribution in [1.29, 1.82) is 0 Å². The maximum atomic E-state index is 13.0. The molecule has 0 fully saturated rings. The van der Waals surface area contributed by atoms with E-state index in [1.165, 1.54) is 21.0 Å². The molecule has 0 amide bonds. The van der Waals surface area contributed by atoms with E-state index in [4.69, 9.17) is 16.3 Å². The molecule has 1 aliphatic rings. The molecule has 2 atom stereocenters. The molecule has 2 aromatic heterocycles. The maximum absolute atomic E-state index is 13.0. The molecule has 0 aliphatic carbocycles. The van der Waals surface area contributed by atoms with Gasteiger partial charge < -0.3 is 4.74 Å². The highest BCUT2D eigenvalue weighted by Gasteiger charge is 2.50. The maximum Gasteiger partial charge on any atom is 0.308 e. The third-order valence-electron chi connectivity index (χ3n) is 6.68. The van der Waals surface area contributed by atoms with Crippen molar-refractivity contribution in [2.45, 2.75) is 79.0 Å². The Morgan fingerprint density at radius 1 is 1.21 bits per heavy atom. The van der Waals surface area contributed by atoms with E-state index in [0.29, 0.717) is 5.02 Å². The lowest BCUT2D eigenvalue weighted by molar-refractivity contribution is -0.607. The number of halogens is 1. The second-order valence-corrected chi connectivity index (χ2v) is 12.2. The number of ether oxygens (including phenoxy) is 1. The average molecular weight is 501 g/mol. The van der Waals surface area contributed by atoms with Crippen molar-refractivity contribution >= 4 is 28.9 Å². The summed E-state index contributed by atoms with van der Waals surface area (Å²) in [4.78, 5) is 17.8. The number of rotatable bonds is 4. The van der Waals surface area contributed by atoms with Crippen LogP contribution < -0.4 is 9.88 Å². The molecule has 5 nitrogen and oxygen atoms in total. The van der Waals surface area contributed by atoms with E-state index in [1.807, 2.05) is 39.1 Å². The number of fused-ring (bicyclic) bond motifs is 3. The lowest BCUT2D eigenvalue weighted by Crippen LogP contribution is -2.49. The van der Waals surface area contributed by atoms with Crippen LogP contribution in [0.25, 0.3) is 5.00 Å². The van der Waals surface area contributed by atoms with E-state index in [-0.39, 0.29) is 24.3 Å². The molecule has 2 unspecified atom stereocenters. The lowest BCUT2D eigenvalue weighted by Gasteiger charge is -2.40. The van der Waals surface area contributed by atoms with E-state index < -0.39 is 11.1 Å². The van der Waals surface area contributed by atoms with Crippen molar-refractivity contribution in [3.05, 3.63) is 68.6 Å². The minimum atomic E-state index is -0.541. The topological polar surface area (TPSA) is 58.0 Å². The number of aromatic nitrogens is 2. The fourth-order valence-corrected chi connectivity index (χ4v) is 6.52. The Hall–Kier alpha value is -2.15. The number of carbonyl (C=O) groups is 1. The van der Waals surface area contributed by atoms with Gasteiger partial charge in [-0.15, -0.1) is 0 Å². The number of imidazole rings is 1. The Bertz CT molecular complexity index is 1220. The number of aryl methyl sites for hydroxylation is 2. The van der Waals surface area contributed by atoms with E-state index in [2.05, 4.69) is 61.6 Å². The molecule has 1 aliphatic heterocycles. The second-order valence-electron chi connectivity index (χ2n) is 10.6. The smallest absolute Gasteiger partial charge is 0.308 e. The standard InChI is InChI=1S/C27H34ClN3O2S/c1-15(2)27(19-9-11-20(28)12-10-19)23-17(4)18(5)34-25(23)31-16(3)14-29-24(31)21(30-27)13-22(32)33-26(6,7)8/h9-12,14-15,21,30H,13H2,1-8H3/p+1. The molecule has 2 N–H and O–H groups in total. The summed E-state index contributed by atoms with van der Waals surface area (Å²) in [6, 6.07) is 7.83. The van der Waals surface area contributed by atoms with Gasteiger partial charge in [-0.05, 0) is 63.8 Å². The van der Waals surface area contributed by atoms with Crippen molar-refractivity contribution in [3.63, 3.8) is 0 Å². The first-order valence-electron chi connectivity index (χ1n) is 11.8. The number of hydrogen-bond donors (Lipinski definition) is 2. The molecule has 0 saturated heterocycles. The minimum absolute atomic E-state index is 0.186. The molecule has 0 bridgehead atoms. The Morgan fingerprint density at radius 2 is 1.85 bits per heavy atom. The zero-order valence-electron chi connectivity index (χ0n) is 21.3. The first kappa shape index (κ1) is 25.0. The van der Waals surface area contributed by atoms with Crippen molar-refractivity contribution in [3.8, 4) is 5.00 Å². The average Bonchev–Trinajstić information content (AvgIpc) is 3.20. The molecule has 34 heavy (non-hydrogen) atoms. The highest BCUT2D eigenvalue weighted by atomic mass is 35.5. The number of nitrogens with zero attached hydrogens (tertiary/aromatic N) is 1. The van der Waals surface area contributed by atoms with Gasteiger partial charge in [0.1, 0.15) is 23.5 Å². The number of nitrogens with one attached hydrogen (secondary N) is 2. The van der Waals surface area contributed by atoms with Gasteiger partial charge in [0.2, 0.25) is 0 Å². The fraction of sp³-hybridized carbons (Fsp3) is 0.481. The van der Waals surface area contributed by atoms with Crippen LogP contribution in [-0.4, -0.2) is 16.6 Å². The summed E-state index contributed by atoms with van der Waals surface area (Å²) < 4.78 is 8.02. The van der Waals surface area contributed by atoms with E-state index in [0.717, 1.165) is 17.1 Å². The van der Waals surface area contributed by atoms with Gasteiger partial charge in [-0.25, -0.2) is 4.98 Å². The van der Waals surface area contributed by atoms with Crippen molar-refractivity contribution in [1.82, 2.24) is 10.3 Å². The molecule has 0 radical (unpaired) electrons. The van der Waals surface area contributed by atoms with Crippen LogP contribution >= 0.6 is 22.9 Å². The number of aromatic amines is 1. The zero-order chi connectivity index (χ0) is 25.0. The molecule has 0 saturated carbocycles. The third kappa shape index (κ3) is 4.21. The molecule has 4 rings (SSSR count). The molecule has 7 heteroatoms. The van der Waals surface area contributed by atoms with Gasteiger partial charge in [-0.2, -0.15) is 4.57 Å². The highest BCUT2D eigenvalue weighted by Crippen LogP contribution is 2.47. The van der Waals surface area contributed by atoms with Crippen LogP contribution in [0.3, 0.4) is 0 Å². The summed E-state index contributed by atoms with van der Waals surface area (Å²) in [5.41, 5.74) is 3.69. The predicted molar refractivity (Wildman–Crippen MR) is 138 cm³/mol. The van der Waals surface area contributed by atoms with E-state index in [1.54, 1.807) is 11.3 Å². The normalized spacial score (nSPS) is 20.1. The summed E-state index contributed by atoms with van der Waals surface area (Å²) in [6.45, 7) is 16.7. The quantitative estimate of drug-likeness (QED) is 0.331. The van der Waals surface area contributed by atoms with Crippen LogP contribution in [-0.2, 0) is 15.1 Å². The van der Waals surface area contributed by atoms with Gasteiger partial charge >= 0.3 is 5.97 Å². The van der Waals surface area contributed by atoms with Gasteiger partial charge in [0.25, 0.3) is 5.82 Å². The van der Waals surface area contributed by atoms with E-state index in [9.17, 15) is 4.79 Å². The molecular weight excluding hydrogens is 466 g/mol.